The van der Waals surface area contributed by atoms with Gasteiger partial charge in [0.15, 0.2) is 5.76 Å². The lowest BCUT2D eigenvalue weighted by molar-refractivity contribution is 0.0991. The largest absolute Gasteiger partial charge is 0.438 e. The Morgan fingerprint density at radius 1 is 1.00 bits per heavy atom. The second-order valence-electron chi connectivity index (χ2n) is 6.18. The highest BCUT2D eigenvalue weighted by Crippen LogP contribution is 2.31. The summed E-state index contributed by atoms with van der Waals surface area (Å²) >= 11 is 1.66. The van der Waals surface area contributed by atoms with Crippen molar-refractivity contribution in [3.8, 4) is 0 Å². The van der Waals surface area contributed by atoms with E-state index >= 15 is 0 Å². The normalized spacial score (nSPS) is 11.4. The maximum absolute atomic E-state index is 12.3. The molecule has 0 radical (unpaired) electrons. The summed E-state index contributed by atoms with van der Waals surface area (Å²) in [6.45, 7) is 4.13. The number of hydrogen-bond acceptors (Lipinski definition) is 5. The van der Waals surface area contributed by atoms with Gasteiger partial charge in [-0.1, -0.05) is 23.9 Å². The molecular formula is C20H20N2O4S2. The monoisotopic (exact) mass is 416 g/mol. The number of amides is 1. The second kappa shape index (κ2) is 8.22. The molecule has 3 aromatic rings. The molecule has 0 aliphatic carbocycles. The van der Waals surface area contributed by atoms with E-state index in [4.69, 9.17) is 4.42 Å². The minimum absolute atomic E-state index is 0.0809. The van der Waals surface area contributed by atoms with Gasteiger partial charge in [-0.15, -0.1) is 0 Å². The van der Waals surface area contributed by atoms with Crippen LogP contribution in [0, 0.1) is 13.8 Å². The van der Waals surface area contributed by atoms with Crippen molar-refractivity contribution in [2.45, 2.75) is 28.7 Å². The van der Waals surface area contributed by atoms with Crippen molar-refractivity contribution >= 4 is 33.4 Å². The van der Waals surface area contributed by atoms with Crippen molar-refractivity contribution in [2.75, 3.05) is 12.4 Å². The number of anilines is 1. The standard InChI is InChI=1S/C20H20N2O4S2/c1-13-4-5-14(2)18(12-13)27-16-8-6-15(7-9-16)22-20(23)17-10-11-19(26-17)28(24,25)21-3/h4-12,21H,1-3H3,(H,22,23). The van der Waals surface area contributed by atoms with Crippen molar-refractivity contribution in [3.05, 3.63) is 71.5 Å². The molecule has 1 heterocycles. The van der Waals surface area contributed by atoms with Crippen LogP contribution < -0.4 is 10.0 Å². The van der Waals surface area contributed by atoms with Gasteiger partial charge in [0, 0.05) is 15.5 Å². The van der Waals surface area contributed by atoms with E-state index in [0.29, 0.717) is 5.69 Å². The quantitative estimate of drug-likeness (QED) is 0.628. The van der Waals surface area contributed by atoms with Gasteiger partial charge in [-0.25, -0.2) is 13.1 Å². The van der Waals surface area contributed by atoms with Gasteiger partial charge >= 0.3 is 0 Å². The Hall–Kier alpha value is -2.55. The highest BCUT2D eigenvalue weighted by molar-refractivity contribution is 7.99. The molecule has 3 rings (SSSR count). The van der Waals surface area contributed by atoms with Crippen LogP contribution >= 0.6 is 11.8 Å². The van der Waals surface area contributed by atoms with Gasteiger partial charge in [-0.05, 0) is 74.5 Å². The minimum atomic E-state index is -3.73. The van der Waals surface area contributed by atoms with Crippen LogP contribution in [0.25, 0.3) is 0 Å². The highest BCUT2D eigenvalue weighted by atomic mass is 32.2. The Labute approximate surface area is 168 Å². The number of hydrogen-bond donors (Lipinski definition) is 2. The summed E-state index contributed by atoms with van der Waals surface area (Å²) in [5, 5.41) is 2.39. The van der Waals surface area contributed by atoms with Crippen molar-refractivity contribution in [1.29, 1.82) is 0 Å². The zero-order valence-corrected chi connectivity index (χ0v) is 17.3. The fraction of sp³-hybridized carbons (Fsp3) is 0.150. The lowest BCUT2D eigenvalue weighted by atomic mass is 10.2. The first-order valence-electron chi connectivity index (χ1n) is 8.48. The molecule has 0 aliphatic rings. The van der Waals surface area contributed by atoms with Crippen molar-refractivity contribution < 1.29 is 17.6 Å². The number of carbonyl (C=O) groups is 1. The van der Waals surface area contributed by atoms with Gasteiger partial charge in [0.1, 0.15) is 0 Å². The zero-order valence-electron chi connectivity index (χ0n) is 15.6. The molecule has 6 nitrogen and oxygen atoms in total. The van der Waals surface area contributed by atoms with Crippen LogP contribution in [0.5, 0.6) is 0 Å². The second-order valence-corrected chi connectivity index (χ2v) is 9.11. The van der Waals surface area contributed by atoms with Crippen LogP contribution in [0.3, 0.4) is 0 Å². The number of carbonyl (C=O) groups excluding carboxylic acids is 1. The number of rotatable bonds is 6. The first kappa shape index (κ1) is 20.2. The SMILES string of the molecule is CNS(=O)(=O)c1ccc(C(=O)Nc2ccc(Sc3cc(C)ccc3C)cc2)o1. The number of furan rings is 1. The summed E-state index contributed by atoms with van der Waals surface area (Å²) < 4.78 is 30.6. The molecule has 1 aromatic heterocycles. The lowest BCUT2D eigenvalue weighted by Gasteiger charge is -2.08. The molecule has 0 atom stereocenters. The van der Waals surface area contributed by atoms with Crippen molar-refractivity contribution in [2.24, 2.45) is 0 Å². The number of nitrogens with one attached hydrogen (secondary N) is 2. The summed E-state index contributed by atoms with van der Waals surface area (Å²) in [6, 6.07) is 16.3. The van der Waals surface area contributed by atoms with E-state index in [9.17, 15) is 13.2 Å². The van der Waals surface area contributed by atoms with Crippen LogP contribution in [0.2, 0.25) is 0 Å². The van der Waals surface area contributed by atoms with Gasteiger partial charge in [0.25, 0.3) is 15.9 Å². The predicted molar refractivity (Wildman–Crippen MR) is 109 cm³/mol. The van der Waals surface area contributed by atoms with Crippen molar-refractivity contribution in [3.63, 3.8) is 0 Å². The molecule has 0 aliphatic heterocycles. The lowest BCUT2D eigenvalue weighted by Crippen LogP contribution is -2.18. The van der Waals surface area contributed by atoms with Gasteiger partial charge in [-0.3, -0.25) is 4.79 Å². The van der Waals surface area contributed by atoms with Gasteiger partial charge in [0.05, 0.1) is 0 Å². The number of aryl methyl sites for hydroxylation is 2. The molecule has 0 unspecified atom stereocenters. The Balaban J connectivity index is 1.69. The molecule has 0 saturated carbocycles. The molecule has 0 bridgehead atoms. The van der Waals surface area contributed by atoms with E-state index < -0.39 is 15.9 Å². The molecule has 0 fully saturated rings. The van der Waals surface area contributed by atoms with Gasteiger partial charge < -0.3 is 9.73 Å². The first-order chi connectivity index (χ1) is 13.3. The summed E-state index contributed by atoms with van der Waals surface area (Å²) in [4.78, 5) is 14.5. The topological polar surface area (TPSA) is 88.4 Å². The molecule has 146 valence electrons. The summed E-state index contributed by atoms with van der Waals surface area (Å²) in [5.74, 6) is -0.602. The molecular weight excluding hydrogens is 396 g/mol. The highest BCUT2D eigenvalue weighted by Gasteiger charge is 2.19. The smallest absolute Gasteiger partial charge is 0.291 e. The average Bonchev–Trinajstić information content (AvgIpc) is 3.17. The third-order valence-corrected chi connectivity index (χ3v) is 6.48. The van der Waals surface area contributed by atoms with E-state index in [2.05, 4.69) is 42.1 Å². The molecule has 28 heavy (non-hydrogen) atoms. The Morgan fingerprint density at radius 2 is 1.71 bits per heavy atom. The van der Waals surface area contributed by atoms with Crippen LogP contribution in [-0.2, 0) is 10.0 Å². The van der Waals surface area contributed by atoms with Crippen LogP contribution in [0.1, 0.15) is 21.7 Å². The summed E-state index contributed by atoms with van der Waals surface area (Å²) in [6.07, 6.45) is 0. The number of sulfonamides is 1. The van der Waals surface area contributed by atoms with E-state index in [1.54, 1.807) is 23.9 Å². The summed E-state index contributed by atoms with van der Waals surface area (Å²) in [7, 11) is -2.45. The molecule has 8 heteroatoms. The third-order valence-electron chi connectivity index (χ3n) is 4.02. The van der Waals surface area contributed by atoms with Crippen LogP contribution in [-0.4, -0.2) is 21.4 Å². The first-order valence-corrected chi connectivity index (χ1v) is 10.8. The fourth-order valence-corrected chi connectivity index (χ4v) is 4.08. The maximum atomic E-state index is 12.3. The van der Waals surface area contributed by atoms with E-state index in [0.717, 1.165) is 4.90 Å². The molecule has 1 amide bonds. The van der Waals surface area contributed by atoms with Gasteiger partial charge in [-0.2, -0.15) is 0 Å². The molecule has 0 spiro atoms. The van der Waals surface area contributed by atoms with Crippen molar-refractivity contribution in [1.82, 2.24) is 4.72 Å². The molecule has 0 saturated heterocycles. The van der Waals surface area contributed by atoms with Crippen LogP contribution in [0.4, 0.5) is 5.69 Å². The van der Waals surface area contributed by atoms with E-state index in [1.807, 2.05) is 12.1 Å². The van der Waals surface area contributed by atoms with Crippen LogP contribution in [0.15, 0.2) is 73.9 Å². The molecule has 2 aromatic carbocycles. The van der Waals surface area contributed by atoms with E-state index in [1.165, 1.54) is 35.2 Å². The third kappa shape index (κ3) is 4.64. The predicted octanol–water partition coefficient (Wildman–Crippen LogP) is 4.21. The minimum Gasteiger partial charge on any atom is -0.438 e. The zero-order chi connectivity index (χ0) is 20.3. The molecule has 2 N–H and O–H groups in total. The fourth-order valence-electron chi connectivity index (χ4n) is 2.43. The Bertz CT molecular complexity index is 1100. The van der Waals surface area contributed by atoms with E-state index in [-0.39, 0.29) is 10.9 Å². The Morgan fingerprint density at radius 3 is 2.39 bits per heavy atom. The summed E-state index contributed by atoms with van der Waals surface area (Å²) in [5.41, 5.74) is 3.00. The average molecular weight is 417 g/mol. The maximum Gasteiger partial charge on any atom is 0.291 e. The number of benzene rings is 2. The van der Waals surface area contributed by atoms with Gasteiger partial charge in [0.2, 0.25) is 5.09 Å². The Kier molecular flexibility index (Phi) is 5.93.